The van der Waals surface area contributed by atoms with E-state index in [0.29, 0.717) is 21.2 Å². The number of ketones is 1. The smallest absolute Gasteiger partial charge is 0.311 e. The molecule has 1 heterocycles. The lowest BCUT2D eigenvalue weighted by Crippen LogP contribution is -2.43. The first-order valence-electron chi connectivity index (χ1n) is 8.66. The summed E-state index contributed by atoms with van der Waals surface area (Å²) in [5.41, 5.74) is 3.14. The number of amides is 2. The average Bonchev–Trinajstić information content (AvgIpc) is 3.07. The number of carbonyl (C=O) groups excluding carboxylic acids is 4. The molecule has 0 aliphatic carbocycles. The molecule has 0 unspecified atom stereocenters. The highest BCUT2D eigenvalue weighted by Crippen LogP contribution is 2.19. The van der Waals surface area contributed by atoms with Gasteiger partial charge in [-0.1, -0.05) is 23.2 Å². The van der Waals surface area contributed by atoms with E-state index in [4.69, 9.17) is 27.9 Å². The molecule has 0 saturated carbocycles. The van der Waals surface area contributed by atoms with Crippen molar-refractivity contribution in [3.63, 3.8) is 0 Å². The predicted octanol–water partition coefficient (Wildman–Crippen LogP) is 2.91. The van der Waals surface area contributed by atoms with Crippen LogP contribution in [-0.4, -0.2) is 41.7 Å². The Morgan fingerprint density at radius 3 is 2.10 bits per heavy atom. The number of benzene rings is 2. The van der Waals surface area contributed by atoms with E-state index in [9.17, 15) is 19.2 Å². The molecular formula is C20H16Cl2N2O5. The van der Waals surface area contributed by atoms with E-state index in [1.807, 2.05) is 0 Å². The quantitative estimate of drug-likeness (QED) is 0.557. The lowest BCUT2D eigenvalue weighted by Gasteiger charge is -2.17. The molecule has 0 spiro atoms. The lowest BCUT2D eigenvalue weighted by atomic mass is 10.1. The molecule has 2 aromatic carbocycles. The van der Waals surface area contributed by atoms with E-state index in [-0.39, 0.29) is 18.7 Å². The number of hydrogen-bond donors (Lipinski definition) is 1. The van der Waals surface area contributed by atoms with E-state index in [0.717, 1.165) is 5.01 Å². The number of hydrogen-bond acceptors (Lipinski definition) is 5. The van der Waals surface area contributed by atoms with Crippen LogP contribution in [0.25, 0.3) is 0 Å². The number of carbonyl (C=O) groups is 4. The Balaban J connectivity index is 1.51. The highest BCUT2D eigenvalue weighted by Gasteiger charge is 2.36. The fourth-order valence-corrected chi connectivity index (χ4v) is 2.99. The number of esters is 1. The Morgan fingerprint density at radius 2 is 1.52 bits per heavy atom. The van der Waals surface area contributed by atoms with Gasteiger partial charge in [0.25, 0.3) is 5.91 Å². The number of nitrogens with one attached hydrogen (secondary N) is 1. The zero-order chi connectivity index (χ0) is 21.0. The Labute approximate surface area is 176 Å². The first-order valence-corrected chi connectivity index (χ1v) is 9.41. The number of hydrazine groups is 1. The number of nitrogens with zero attached hydrogens (tertiary/aromatic N) is 1. The summed E-state index contributed by atoms with van der Waals surface area (Å²) < 4.78 is 5.04. The van der Waals surface area contributed by atoms with Crippen molar-refractivity contribution in [2.45, 2.75) is 6.42 Å². The van der Waals surface area contributed by atoms with Gasteiger partial charge in [0.1, 0.15) is 0 Å². The topological polar surface area (TPSA) is 92.8 Å². The SMILES string of the molecule is O=C(COC(=O)[C@H]1CC(=O)N(NC(=O)c2ccc(Cl)cc2)C1)c1ccc(Cl)cc1. The maximum atomic E-state index is 12.2. The Bertz CT molecular complexity index is 944. The van der Waals surface area contributed by atoms with Gasteiger partial charge in [0.15, 0.2) is 12.4 Å². The van der Waals surface area contributed by atoms with Gasteiger partial charge in [0, 0.05) is 27.6 Å². The predicted molar refractivity (Wildman–Crippen MR) is 105 cm³/mol. The second-order valence-electron chi connectivity index (χ2n) is 6.39. The number of Topliss-reactive ketones (excluding diaryl/α,β-unsaturated/α-hetero) is 1. The summed E-state index contributed by atoms with van der Waals surface area (Å²) in [4.78, 5) is 48.6. The van der Waals surface area contributed by atoms with Crippen LogP contribution < -0.4 is 5.43 Å². The number of ether oxygens (including phenoxy) is 1. The van der Waals surface area contributed by atoms with Gasteiger partial charge in [-0.25, -0.2) is 0 Å². The molecule has 1 fully saturated rings. The average molecular weight is 435 g/mol. The zero-order valence-electron chi connectivity index (χ0n) is 15.1. The van der Waals surface area contributed by atoms with Gasteiger partial charge in [-0.3, -0.25) is 29.6 Å². The number of halogens is 2. The van der Waals surface area contributed by atoms with Gasteiger partial charge in [0.05, 0.1) is 12.5 Å². The third-order valence-corrected chi connectivity index (χ3v) is 4.82. The highest BCUT2D eigenvalue weighted by atomic mass is 35.5. The molecule has 3 rings (SSSR count). The van der Waals surface area contributed by atoms with Crippen molar-refractivity contribution in [2.24, 2.45) is 5.92 Å². The van der Waals surface area contributed by atoms with Crippen LogP contribution in [0.4, 0.5) is 0 Å². The summed E-state index contributed by atoms with van der Waals surface area (Å²) in [6.07, 6.45) is -0.116. The van der Waals surface area contributed by atoms with Crippen LogP contribution in [0.2, 0.25) is 10.0 Å². The van der Waals surface area contributed by atoms with Gasteiger partial charge in [0.2, 0.25) is 5.91 Å². The van der Waals surface area contributed by atoms with Crippen LogP contribution in [0.5, 0.6) is 0 Å². The third-order valence-electron chi connectivity index (χ3n) is 4.31. The molecule has 1 atom stereocenters. The largest absolute Gasteiger partial charge is 0.457 e. The Kier molecular flexibility index (Phi) is 6.51. The maximum Gasteiger partial charge on any atom is 0.311 e. The molecule has 7 nitrogen and oxygen atoms in total. The number of rotatable bonds is 6. The van der Waals surface area contributed by atoms with Crippen molar-refractivity contribution in [3.05, 3.63) is 69.7 Å². The molecule has 0 bridgehead atoms. The van der Waals surface area contributed by atoms with Crippen LogP contribution in [0.3, 0.4) is 0 Å². The normalized spacial score (nSPS) is 15.9. The van der Waals surface area contributed by atoms with Crippen LogP contribution in [0.15, 0.2) is 48.5 Å². The molecule has 1 N–H and O–H groups in total. The summed E-state index contributed by atoms with van der Waals surface area (Å²) in [6.45, 7) is -0.478. The summed E-state index contributed by atoms with van der Waals surface area (Å²) in [5.74, 6) is -2.75. The fourth-order valence-electron chi connectivity index (χ4n) is 2.74. The van der Waals surface area contributed by atoms with Gasteiger partial charge in [-0.05, 0) is 48.5 Å². The lowest BCUT2D eigenvalue weighted by molar-refractivity contribution is -0.147. The molecule has 1 aliphatic rings. The summed E-state index contributed by atoms with van der Waals surface area (Å²) in [7, 11) is 0. The van der Waals surface area contributed by atoms with E-state index in [2.05, 4.69) is 5.43 Å². The summed E-state index contributed by atoms with van der Waals surface area (Å²) >= 11 is 11.6. The van der Waals surface area contributed by atoms with Crippen LogP contribution in [-0.2, 0) is 14.3 Å². The standard InChI is InChI=1S/C20H16Cl2N2O5/c21-15-5-1-12(2-6-15)17(25)11-29-20(28)14-9-18(26)24(10-14)23-19(27)13-3-7-16(22)8-4-13/h1-8,14H,9-11H2,(H,23,27)/t14-/m0/s1. The second kappa shape index (κ2) is 9.07. The third kappa shape index (κ3) is 5.34. The van der Waals surface area contributed by atoms with E-state index < -0.39 is 30.3 Å². The van der Waals surface area contributed by atoms with Crippen molar-refractivity contribution < 1.29 is 23.9 Å². The molecule has 2 amide bonds. The van der Waals surface area contributed by atoms with Crippen LogP contribution in [0.1, 0.15) is 27.1 Å². The Morgan fingerprint density at radius 1 is 0.966 bits per heavy atom. The highest BCUT2D eigenvalue weighted by molar-refractivity contribution is 6.31. The second-order valence-corrected chi connectivity index (χ2v) is 7.26. The minimum atomic E-state index is -0.772. The molecule has 29 heavy (non-hydrogen) atoms. The molecule has 1 saturated heterocycles. The van der Waals surface area contributed by atoms with Crippen molar-refractivity contribution in [1.29, 1.82) is 0 Å². The van der Waals surface area contributed by atoms with Crippen molar-refractivity contribution in [1.82, 2.24) is 10.4 Å². The van der Waals surface area contributed by atoms with Crippen molar-refractivity contribution >= 4 is 46.8 Å². The molecule has 0 radical (unpaired) electrons. The minimum absolute atomic E-state index is 0.0356. The van der Waals surface area contributed by atoms with Crippen molar-refractivity contribution in [3.8, 4) is 0 Å². The molecule has 1 aliphatic heterocycles. The van der Waals surface area contributed by atoms with Crippen LogP contribution in [0, 0.1) is 5.92 Å². The summed E-state index contributed by atoms with van der Waals surface area (Å²) in [5, 5.41) is 2.04. The van der Waals surface area contributed by atoms with E-state index in [1.54, 1.807) is 24.3 Å². The van der Waals surface area contributed by atoms with Gasteiger partial charge < -0.3 is 4.74 Å². The van der Waals surface area contributed by atoms with Gasteiger partial charge in [-0.2, -0.15) is 0 Å². The Hall–Kier alpha value is -2.90. The molecule has 150 valence electrons. The molecule has 0 aromatic heterocycles. The summed E-state index contributed by atoms with van der Waals surface area (Å²) in [6, 6.07) is 12.3. The minimum Gasteiger partial charge on any atom is -0.457 e. The first-order chi connectivity index (χ1) is 13.8. The van der Waals surface area contributed by atoms with E-state index in [1.165, 1.54) is 24.3 Å². The van der Waals surface area contributed by atoms with Gasteiger partial charge >= 0.3 is 5.97 Å². The first kappa shape index (κ1) is 20.8. The van der Waals surface area contributed by atoms with E-state index >= 15 is 0 Å². The fraction of sp³-hybridized carbons (Fsp3) is 0.200. The molecule has 9 heteroatoms. The van der Waals surface area contributed by atoms with Crippen LogP contribution >= 0.6 is 23.2 Å². The molecular weight excluding hydrogens is 419 g/mol. The molecule has 2 aromatic rings. The zero-order valence-corrected chi connectivity index (χ0v) is 16.6. The van der Waals surface area contributed by atoms with Crippen molar-refractivity contribution in [2.75, 3.05) is 13.2 Å². The maximum absolute atomic E-state index is 12.2. The van der Waals surface area contributed by atoms with Gasteiger partial charge in [-0.15, -0.1) is 0 Å². The monoisotopic (exact) mass is 434 g/mol.